The molecule has 0 spiro atoms. The van der Waals surface area contributed by atoms with Gasteiger partial charge in [0.1, 0.15) is 6.04 Å². The fourth-order valence-electron chi connectivity index (χ4n) is 3.38. The molecule has 0 unspecified atom stereocenters. The molecule has 2 heterocycles. The van der Waals surface area contributed by atoms with Crippen molar-refractivity contribution in [2.75, 3.05) is 10.6 Å². The molecule has 0 aliphatic carbocycles. The highest BCUT2D eigenvalue weighted by Crippen LogP contribution is 2.33. The number of fused-ring (bicyclic) bond motifs is 1. The molecule has 0 saturated heterocycles. The maximum Gasteiger partial charge on any atom is 0.250 e. The van der Waals surface area contributed by atoms with Gasteiger partial charge in [-0.1, -0.05) is 74.0 Å². The third-order valence-corrected chi connectivity index (χ3v) is 4.81. The summed E-state index contributed by atoms with van der Waals surface area (Å²) >= 11 is 0. The first kappa shape index (κ1) is 18.9. The summed E-state index contributed by atoms with van der Waals surface area (Å²) in [4.78, 5) is 16.7. The molecule has 2 aromatic carbocycles. The van der Waals surface area contributed by atoms with Gasteiger partial charge in [-0.2, -0.15) is 4.98 Å². The van der Waals surface area contributed by atoms with E-state index in [0.717, 1.165) is 16.8 Å². The van der Waals surface area contributed by atoms with E-state index in [9.17, 15) is 4.79 Å². The minimum absolute atomic E-state index is 0.0777. The Balaban J connectivity index is 1.71. The Morgan fingerprint density at radius 1 is 1.14 bits per heavy atom. The van der Waals surface area contributed by atoms with Crippen LogP contribution in [0, 0.1) is 12.8 Å². The second kappa shape index (κ2) is 7.91. The maximum atomic E-state index is 12.2. The van der Waals surface area contributed by atoms with Crippen LogP contribution in [0.25, 0.3) is 5.70 Å². The number of rotatable bonds is 5. The zero-order valence-corrected chi connectivity index (χ0v) is 16.9. The van der Waals surface area contributed by atoms with Crippen LogP contribution in [-0.2, 0) is 4.79 Å². The van der Waals surface area contributed by atoms with Crippen molar-refractivity contribution in [2.24, 2.45) is 5.92 Å². The molecule has 3 aromatic rings. The van der Waals surface area contributed by atoms with Crippen LogP contribution in [0.4, 0.5) is 11.9 Å². The summed E-state index contributed by atoms with van der Waals surface area (Å²) < 4.78 is 1.82. The first-order valence-electron chi connectivity index (χ1n) is 9.87. The summed E-state index contributed by atoms with van der Waals surface area (Å²) in [6, 6.07) is 18.4. The van der Waals surface area contributed by atoms with Crippen molar-refractivity contribution in [3.63, 3.8) is 0 Å². The molecule has 1 aliphatic heterocycles. The van der Waals surface area contributed by atoms with E-state index in [0.29, 0.717) is 18.3 Å². The standard InChI is InChI=1S/C23H25N5O/c1-15(2)13-21(29)25-22-26-23-24-19(17-7-5-4-6-8-17)14-20(28(23)27-22)18-11-9-16(3)10-12-18/h4-12,14-15,20H,13H2,1-3H3,(H2,24,25,26,27,29)/t20-/m1/s1. The summed E-state index contributed by atoms with van der Waals surface area (Å²) in [5, 5.41) is 10.8. The molecule has 0 fully saturated rings. The van der Waals surface area contributed by atoms with Crippen LogP contribution in [0.15, 0.2) is 60.7 Å². The number of nitrogens with zero attached hydrogens (tertiary/aromatic N) is 3. The van der Waals surface area contributed by atoms with Crippen LogP contribution in [0.3, 0.4) is 0 Å². The van der Waals surface area contributed by atoms with E-state index in [1.807, 2.05) is 36.7 Å². The zero-order chi connectivity index (χ0) is 20.4. The number of anilines is 2. The molecule has 0 bridgehead atoms. The summed E-state index contributed by atoms with van der Waals surface area (Å²) in [5.41, 5.74) is 4.35. The predicted molar refractivity (Wildman–Crippen MR) is 115 cm³/mol. The van der Waals surface area contributed by atoms with E-state index < -0.39 is 0 Å². The molecule has 1 aromatic heterocycles. The molecule has 1 atom stereocenters. The van der Waals surface area contributed by atoms with Gasteiger partial charge in [0.25, 0.3) is 5.95 Å². The number of carbonyl (C=O) groups is 1. The lowest BCUT2D eigenvalue weighted by Crippen LogP contribution is -2.20. The lowest BCUT2D eigenvalue weighted by atomic mass is 10.0. The molecule has 0 saturated carbocycles. The highest BCUT2D eigenvalue weighted by Gasteiger charge is 2.25. The number of benzene rings is 2. The monoisotopic (exact) mass is 387 g/mol. The lowest BCUT2D eigenvalue weighted by molar-refractivity contribution is -0.116. The summed E-state index contributed by atoms with van der Waals surface area (Å²) in [6.07, 6.45) is 2.58. The highest BCUT2D eigenvalue weighted by molar-refractivity contribution is 5.89. The fourth-order valence-corrected chi connectivity index (χ4v) is 3.38. The van der Waals surface area contributed by atoms with Gasteiger partial charge in [0.2, 0.25) is 11.9 Å². The van der Waals surface area contributed by atoms with Crippen LogP contribution in [0.1, 0.15) is 43.0 Å². The van der Waals surface area contributed by atoms with Crippen molar-refractivity contribution in [2.45, 2.75) is 33.2 Å². The molecule has 1 amide bonds. The predicted octanol–water partition coefficient (Wildman–Crippen LogP) is 4.63. The van der Waals surface area contributed by atoms with Gasteiger partial charge in [-0.05, 0) is 30.0 Å². The Kier molecular flexibility index (Phi) is 5.16. The zero-order valence-electron chi connectivity index (χ0n) is 16.9. The quantitative estimate of drug-likeness (QED) is 0.670. The topological polar surface area (TPSA) is 71.8 Å². The Labute approximate surface area is 170 Å². The van der Waals surface area contributed by atoms with Crippen LogP contribution in [-0.4, -0.2) is 20.7 Å². The van der Waals surface area contributed by atoms with Gasteiger partial charge in [0.05, 0.1) is 0 Å². The van der Waals surface area contributed by atoms with Gasteiger partial charge in [0, 0.05) is 12.1 Å². The third kappa shape index (κ3) is 4.21. The molecule has 1 aliphatic rings. The smallest absolute Gasteiger partial charge is 0.250 e. The molecular weight excluding hydrogens is 362 g/mol. The molecule has 0 radical (unpaired) electrons. The van der Waals surface area contributed by atoms with Crippen molar-refractivity contribution < 1.29 is 4.79 Å². The number of hydrogen-bond acceptors (Lipinski definition) is 4. The average Bonchev–Trinajstić information content (AvgIpc) is 3.10. The minimum Gasteiger partial charge on any atom is -0.324 e. The summed E-state index contributed by atoms with van der Waals surface area (Å²) in [7, 11) is 0. The van der Waals surface area contributed by atoms with Crippen molar-refractivity contribution >= 4 is 23.5 Å². The van der Waals surface area contributed by atoms with Gasteiger partial charge in [0.15, 0.2) is 0 Å². The van der Waals surface area contributed by atoms with E-state index in [2.05, 4.69) is 70.1 Å². The number of aromatic nitrogens is 3. The first-order valence-corrected chi connectivity index (χ1v) is 9.87. The van der Waals surface area contributed by atoms with Gasteiger partial charge in [-0.3, -0.25) is 10.1 Å². The van der Waals surface area contributed by atoms with Gasteiger partial charge in [-0.15, -0.1) is 5.10 Å². The van der Waals surface area contributed by atoms with Crippen molar-refractivity contribution in [3.8, 4) is 0 Å². The summed E-state index contributed by atoms with van der Waals surface area (Å²) in [5.74, 6) is 1.12. The van der Waals surface area contributed by atoms with Crippen molar-refractivity contribution in [1.82, 2.24) is 14.8 Å². The number of aryl methyl sites for hydroxylation is 1. The van der Waals surface area contributed by atoms with E-state index in [-0.39, 0.29) is 17.9 Å². The van der Waals surface area contributed by atoms with E-state index in [1.165, 1.54) is 5.56 Å². The number of hydrogen-bond donors (Lipinski definition) is 2. The van der Waals surface area contributed by atoms with Crippen LogP contribution in [0.2, 0.25) is 0 Å². The van der Waals surface area contributed by atoms with Crippen LogP contribution >= 0.6 is 0 Å². The Bertz CT molecular complexity index is 1030. The van der Waals surface area contributed by atoms with Crippen LogP contribution in [0.5, 0.6) is 0 Å². The normalized spacial score (nSPS) is 15.4. The Hall–Kier alpha value is -3.41. The second-order valence-corrected chi connectivity index (χ2v) is 7.78. The number of allylic oxidation sites excluding steroid dienone is 1. The average molecular weight is 387 g/mol. The highest BCUT2D eigenvalue weighted by atomic mass is 16.1. The first-order chi connectivity index (χ1) is 14.0. The summed E-state index contributed by atoms with van der Waals surface area (Å²) in [6.45, 7) is 6.09. The fraction of sp³-hybridized carbons (Fsp3) is 0.261. The molecule has 6 heteroatoms. The minimum atomic E-state index is -0.120. The molecule has 2 N–H and O–H groups in total. The van der Waals surface area contributed by atoms with Crippen molar-refractivity contribution in [1.29, 1.82) is 0 Å². The molecular formula is C23H25N5O. The lowest BCUT2D eigenvalue weighted by Gasteiger charge is -2.24. The largest absolute Gasteiger partial charge is 0.324 e. The molecule has 148 valence electrons. The van der Waals surface area contributed by atoms with E-state index in [1.54, 1.807) is 0 Å². The van der Waals surface area contributed by atoms with Crippen molar-refractivity contribution in [3.05, 3.63) is 77.4 Å². The SMILES string of the molecule is Cc1ccc([C@H]2C=C(c3ccccc3)Nc3nc(NC(=O)CC(C)C)nn32)cc1. The third-order valence-electron chi connectivity index (χ3n) is 4.81. The Morgan fingerprint density at radius 3 is 2.55 bits per heavy atom. The van der Waals surface area contributed by atoms with Crippen LogP contribution < -0.4 is 10.6 Å². The Morgan fingerprint density at radius 2 is 1.86 bits per heavy atom. The maximum absolute atomic E-state index is 12.2. The molecule has 4 rings (SSSR count). The number of nitrogens with one attached hydrogen (secondary N) is 2. The molecule has 29 heavy (non-hydrogen) atoms. The van der Waals surface area contributed by atoms with Gasteiger partial charge < -0.3 is 5.32 Å². The second-order valence-electron chi connectivity index (χ2n) is 7.78. The number of carbonyl (C=O) groups excluding carboxylic acids is 1. The van der Waals surface area contributed by atoms with E-state index in [4.69, 9.17) is 0 Å². The molecule has 6 nitrogen and oxygen atoms in total. The van der Waals surface area contributed by atoms with Gasteiger partial charge >= 0.3 is 0 Å². The van der Waals surface area contributed by atoms with E-state index >= 15 is 0 Å². The number of amides is 1. The van der Waals surface area contributed by atoms with Gasteiger partial charge in [-0.25, -0.2) is 4.68 Å².